The average Bonchev–Trinajstić information content (AvgIpc) is 2.74. The van der Waals surface area contributed by atoms with E-state index in [1.807, 2.05) is 6.07 Å². The van der Waals surface area contributed by atoms with Crippen LogP contribution in [0.3, 0.4) is 0 Å². The van der Waals surface area contributed by atoms with Gasteiger partial charge in [-0.3, -0.25) is 4.79 Å². The number of rotatable bonds is 9. The predicted octanol–water partition coefficient (Wildman–Crippen LogP) is 3.02. The molecule has 3 rings (SSSR count). The second-order valence-corrected chi connectivity index (χ2v) is 7.60. The number of aromatic hydroxyl groups is 3. The number of phenolic OH excluding ortho intramolecular Hbond substituents is 3. The number of aliphatic hydroxyl groups is 1. The molecule has 0 spiro atoms. The van der Waals surface area contributed by atoms with E-state index in [0.29, 0.717) is 37.2 Å². The normalized spacial score (nSPS) is 13.9. The van der Waals surface area contributed by atoms with E-state index in [4.69, 9.17) is 9.47 Å². The molecule has 4 N–H and O–H groups in total. The molecular weight excluding hydrogens is 388 g/mol. The molecule has 7 heteroatoms. The number of carbonyl (C=O) groups excluding carboxylic acids is 1. The number of hydrogen-bond acceptors (Lipinski definition) is 7. The van der Waals surface area contributed by atoms with Crippen LogP contribution in [0.5, 0.6) is 28.7 Å². The number of ketones is 1. The van der Waals surface area contributed by atoms with Crippen molar-refractivity contribution in [1.29, 1.82) is 0 Å². The van der Waals surface area contributed by atoms with Crippen molar-refractivity contribution in [1.82, 2.24) is 0 Å². The van der Waals surface area contributed by atoms with E-state index in [-0.39, 0.29) is 41.6 Å². The molecule has 7 nitrogen and oxygen atoms in total. The minimum Gasteiger partial charge on any atom is -0.504 e. The van der Waals surface area contributed by atoms with Gasteiger partial charge in [0.25, 0.3) is 0 Å². The van der Waals surface area contributed by atoms with Gasteiger partial charge in [0.05, 0.1) is 19.8 Å². The molecule has 0 bridgehead atoms. The molecule has 0 radical (unpaired) electrons. The zero-order chi connectivity index (χ0) is 21.7. The number of methoxy groups -OCH3 is 1. The van der Waals surface area contributed by atoms with Gasteiger partial charge in [-0.2, -0.15) is 0 Å². The molecule has 0 unspecified atom stereocenters. The van der Waals surface area contributed by atoms with Crippen LogP contribution in [0.4, 0.5) is 0 Å². The highest BCUT2D eigenvalue weighted by molar-refractivity contribution is 5.79. The zero-order valence-electron chi connectivity index (χ0n) is 17.1. The molecule has 30 heavy (non-hydrogen) atoms. The molecule has 1 heterocycles. The van der Waals surface area contributed by atoms with Crippen molar-refractivity contribution in [3.05, 3.63) is 41.0 Å². The van der Waals surface area contributed by atoms with Gasteiger partial charge < -0.3 is 29.9 Å². The maximum Gasteiger partial charge on any atom is 0.200 e. The Labute approximate surface area is 175 Å². The number of aryl methyl sites for hydroxylation is 2. The van der Waals surface area contributed by atoms with Crippen LogP contribution in [0.1, 0.15) is 42.4 Å². The molecular formula is C23H28O7. The first-order valence-electron chi connectivity index (χ1n) is 10.1. The highest BCUT2D eigenvalue weighted by atomic mass is 16.5. The van der Waals surface area contributed by atoms with Crippen LogP contribution in [0.15, 0.2) is 24.3 Å². The van der Waals surface area contributed by atoms with Crippen molar-refractivity contribution >= 4 is 5.78 Å². The molecule has 1 atom stereocenters. The topological polar surface area (TPSA) is 116 Å². The van der Waals surface area contributed by atoms with Crippen molar-refractivity contribution < 1.29 is 34.7 Å². The SMILES string of the molecule is COc1cc(CCC(=O)C[C@H](O)CCc2ccc(O)c3c2CCCO3)cc(O)c1O. The van der Waals surface area contributed by atoms with Crippen LogP contribution in [0.2, 0.25) is 0 Å². The molecule has 162 valence electrons. The fourth-order valence-corrected chi connectivity index (χ4v) is 3.77. The maximum absolute atomic E-state index is 12.3. The maximum atomic E-state index is 12.3. The van der Waals surface area contributed by atoms with Gasteiger partial charge in [0, 0.05) is 18.4 Å². The third-order valence-corrected chi connectivity index (χ3v) is 5.39. The quantitative estimate of drug-likeness (QED) is 0.464. The number of benzene rings is 2. The van der Waals surface area contributed by atoms with Crippen LogP contribution in [0.25, 0.3) is 0 Å². The minimum atomic E-state index is -0.755. The summed E-state index contributed by atoms with van der Waals surface area (Å²) in [5.41, 5.74) is 2.68. The van der Waals surface area contributed by atoms with Crippen molar-refractivity contribution in [3.63, 3.8) is 0 Å². The summed E-state index contributed by atoms with van der Waals surface area (Å²) in [4.78, 5) is 12.3. The zero-order valence-corrected chi connectivity index (χ0v) is 17.1. The Morgan fingerprint density at radius 1 is 1.17 bits per heavy atom. The van der Waals surface area contributed by atoms with Crippen LogP contribution in [-0.2, 0) is 24.1 Å². The van der Waals surface area contributed by atoms with Crippen molar-refractivity contribution in [3.8, 4) is 28.7 Å². The summed E-state index contributed by atoms with van der Waals surface area (Å²) in [6.45, 7) is 0.589. The number of ether oxygens (including phenoxy) is 2. The number of phenols is 3. The average molecular weight is 416 g/mol. The first kappa shape index (κ1) is 21.8. The summed E-state index contributed by atoms with van der Waals surface area (Å²) in [6.07, 6.45) is 2.65. The van der Waals surface area contributed by atoms with Crippen molar-refractivity contribution in [2.45, 2.75) is 51.0 Å². The van der Waals surface area contributed by atoms with Crippen molar-refractivity contribution in [2.24, 2.45) is 0 Å². The van der Waals surface area contributed by atoms with Gasteiger partial charge in [-0.15, -0.1) is 0 Å². The Balaban J connectivity index is 1.50. The van der Waals surface area contributed by atoms with Gasteiger partial charge in [-0.05, 0) is 61.4 Å². The lowest BCUT2D eigenvalue weighted by molar-refractivity contribution is -0.121. The first-order valence-corrected chi connectivity index (χ1v) is 10.1. The molecule has 0 fully saturated rings. The second-order valence-electron chi connectivity index (χ2n) is 7.60. The van der Waals surface area contributed by atoms with E-state index in [2.05, 4.69) is 0 Å². The Bertz CT molecular complexity index is 907. The van der Waals surface area contributed by atoms with E-state index in [1.165, 1.54) is 13.2 Å². The molecule has 1 aliphatic heterocycles. The molecule has 0 saturated carbocycles. The molecule has 0 saturated heterocycles. The van der Waals surface area contributed by atoms with E-state index in [9.17, 15) is 25.2 Å². The van der Waals surface area contributed by atoms with Crippen LogP contribution >= 0.6 is 0 Å². The molecule has 2 aromatic rings. The summed E-state index contributed by atoms with van der Waals surface area (Å²) in [5.74, 6) is 0.129. The smallest absolute Gasteiger partial charge is 0.200 e. The summed E-state index contributed by atoms with van der Waals surface area (Å²) in [6, 6.07) is 6.44. The number of carbonyl (C=O) groups is 1. The third kappa shape index (κ3) is 5.16. The number of aliphatic hydroxyl groups excluding tert-OH is 1. The fourth-order valence-electron chi connectivity index (χ4n) is 3.77. The van der Waals surface area contributed by atoms with E-state index in [0.717, 1.165) is 24.0 Å². The lowest BCUT2D eigenvalue weighted by Crippen LogP contribution is -2.16. The molecule has 0 amide bonds. The fraction of sp³-hybridized carbons (Fsp3) is 0.435. The van der Waals surface area contributed by atoms with Crippen molar-refractivity contribution in [2.75, 3.05) is 13.7 Å². The van der Waals surface area contributed by atoms with Gasteiger partial charge in [-0.1, -0.05) is 6.07 Å². The van der Waals surface area contributed by atoms with Crippen LogP contribution in [0, 0.1) is 0 Å². The number of hydrogen-bond donors (Lipinski definition) is 4. The predicted molar refractivity (Wildman–Crippen MR) is 111 cm³/mol. The lowest BCUT2D eigenvalue weighted by atomic mass is 9.94. The Morgan fingerprint density at radius 3 is 2.73 bits per heavy atom. The highest BCUT2D eigenvalue weighted by Gasteiger charge is 2.19. The summed E-state index contributed by atoms with van der Waals surface area (Å²) in [7, 11) is 1.39. The standard InChI is InChI=1S/C23H28O7/c1-29-21-12-14(11-20(27)22(21)28)4-7-16(24)13-17(25)8-5-15-6-9-19(26)23-18(15)3-2-10-30-23/h6,9,11-12,17,25-28H,2-5,7-8,10,13H2,1H3/t17-/m1/s1. The minimum absolute atomic E-state index is 0.0535. The summed E-state index contributed by atoms with van der Waals surface area (Å²) in [5, 5.41) is 39.6. The molecule has 1 aliphatic rings. The molecule has 0 aromatic heterocycles. The van der Waals surface area contributed by atoms with Gasteiger partial charge in [0.15, 0.2) is 23.0 Å². The Kier molecular flexibility index (Phi) is 7.05. The summed E-state index contributed by atoms with van der Waals surface area (Å²) < 4.78 is 10.6. The van der Waals surface area contributed by atoms with Crippen LogP contribution in [-0.4, -0.2) is 46.0 Å². The third-order valence-electron chi connectivity index (χ3n) is 5.39. The van der Waals surface area contributed by atoms with Crippen LogP contribution < -0.4 is 9.47 Å². The molecule has 2 aromatic carbocycles. The Hall–Kier alpha value is -2.93. The molecule has 0 aliphatic carbocycles. The van der Waals surface area contributed by atoms with Gasteiger partial charge in [-0.25, -0.2) is 0 Å². The largest absolute Gasteiger partial charge is 0.504 e. The number of Topliss-reactive ketones (excluding diaryl/α,β-unsaturated/α-hetero) is 1. The first-order chi connectivity index (χ1) is 14.4. The second kappa shape index (κ2) is 9.71. The number of fused-ring (bicyclic) bond motifs is 1. The monoisotopic (exact) mass is 416 g/mol. The summed E-state index contributed by atoms with van der Waals surface area (Å²) >= 11 is 0. The van der Waals surface area contributed by atoms with Gasteiger partial charge >= 0.3 is 0 Å². The van der Waals surface area contributed by atoms with Gasteiger partial charge in [0.1, 0.15) is 5.78 Å². The van der Waals surface area contributed by atoms with E-state index < -0.39 is 6.10 Å². The van der Waals surface area contributed by atoms with E-state index >= 15 is 0 Å². The van der Waals surface area contributed by atoms with E-state index in [1.54, 1.807) is 12.1 Å². The lowest BCUT2D eigenvalue weighted by Gasteiger charge is -2.21. The van der Waals surface area contributed by atoms with Gasteiger partial charge in [0.2, 0.25) is 5.75 Å². The Morgan fingerprint density at radius 2 is 1.97 bits per heavy atom. The highest BCUT2D eigenvalue weighted by Crippen LogP contribution is 2.37.